The number of rotatable bonds is 0. The zero-order chi connectivity index (χ0) is 5.98. The van der Waals surface area contributed by atoms with E-state index in [1.807, 2.05) is 12.1 Å². The van der Waals surface area contributed by atoms with Gasteiger partial charge in [-0.3, -0.25) is 0 Å². The molecule has 0 aliphatic carbocycles. The van der Waals surface area contributed by atoms with E-state index in [-0.39, 0.29) is 0 Å². The van der Waals surface area contributed by atoms with Gasteiger partial charge in [0.2, 0.25) is 0 Å². The Morgan fingerprint density at radius 3 is 2.75 bits per heavy atom. The van der Waals surface area contributed by atoms with E-state index >= 15 is 0 Å². The molecular formula is C6H5BrN. The number of para-hydroxylation sites is 1. The molecule has 0 unspecified atom stereocenters. The van der Waals surface area contributed by atoms with Gasteiger partial charge in [0.1, 0.15) is 0 Å². The Balaban J connectivity index is 3.13. The van der Waals surface area contributed by atoms with E-state index in [1.54, 1.807) is 6.07 Å². The lowest BCUT2D eigenvalue weighted by Gasteiger charge is -1.91. The average Bonchev–Trinajstić information content (AvgIpc) is 1.77. The van der Waals surface area contributed by atoms with Crippen LogP contribution in [0.1, 0.15) is 0 Å². The van der Waals surface area contributed by atoms with Crippen molar-refractivity contribution in [1.82, 2.24) is 0 Å². The second kappa shape index (κ2) is 2.18. The number of hydrogen-bond acceptors (Lipinski definition) is 1. The maximum atomic E-state index is 5.42. The molecule has 0 fully saturated rings. The maximum Gasteiger partial charge on any atom is 0.0538 e. The van der Waals surface area contributed by atoms with Crippen molar-refractivity contribution in [2.45, 2.75) is 0 Å². The molecule has 1 radical (unpaired) electrons. The third-order valence-corrected chi connectivity index (χ3v) is 1.53. The van der Waals surface area contributed by atoms with Gasteiger partial charge < -0.3 is 5.73 Å². The third kappa shape index (κ3) is 1.01. The highest BCUT2D eigenvalue weighted by atomic mass is 79.9. The quantitative estimate of drug-likeness (QED) is 0.592. The van der Waals surface area contributed by atoms with Gasteiger partial charge in [-0.15, -0.1) is 0 Å². The summed E-state index contributed by atoms with van der Waals surface area (Å²) >= 11 is 3.24. The topological polar surface area (TPSA) is 26.0 Å². The van der Waals surface area contributed by atoms with Crippen LogP contribution in [0.2, 0.25) is 0 Å². The van der Waals surface area contributed by atoms with Crippen LogP contribution in [-0.4, -0.2) is 0 Å². The SMILES string of the molecule is Nc1[c]cccc1Br. The zero-order valence-electron chi connectivity index (χ0n) is 4.19. The van der Waals surface area contributed by atoms with Crippen LogP contribution in [0.5, 0.6) is 0 Å². The molecule has 0 saturated heterocycles. The van der Waals surface area contributed by atoms with Crippen LogP contribution in [0.15, 0.2) is 22.7 Å². The molecular weight excluding hydrogens is 166 g/mol. The van der Waals surface area contributed by atoms with E-state index in [1.165, 1.54) is 0 Å². The molecule has 0 aliphatic heterocycles. The number of benzene rings is 1. The van der Waals surface area contributed by atoms with Crippen molar-refractivity contribution in [3.63, 3.8) is 0 Å². The molecule has 0 aromatic heterocycles. The van der Waals surface area contributed by atoms with Crippen molar-refractivity contribution in [1.29, 1.82) is 0 Å². The predicted molar refractivity (Wildman–Crippen MR) is 37.4 cm³/mol. The highest BCUT2D eigenvalue weighted by Crippen LogP contribution is 2.15. The summed E-state index contributed by atoms with van der Waals surface area (Å²) in [6.07, 6.45) is 0. The summed E-state index contributed by atoms with van der Waals surface area (Å²) in [5.74, 6) is 0. The Morgan fingerprint density at radius 2 is 2.38 bits per heavy atom. The van der Waals surface area contributed by atoms with Crippen molar-refractivity contribution in [3.8, 4) is 0 Å². The minimum absolute atomic E-state index is 0.660. The van der Waals surface area contributed by atoms with Crippen LogP contribution in [-0.2, 0) is 0 Å². The number of nitrogens with two attached hydrogens (primary N) is 1. The number of halogens is 1. The fourth-order valence-corrected chi connectivity index (χ4v) is 0.696. The third-order valence-electron chi connectivity index (χ3n) is 0.835. The van der Waals surface area contributed by atoms with Gasteiger partial charge in [0.25, 0.3) is 0 Å². The molecule has 0 aliphatic rings. The normalized spacial score (nSPS) is 9.12. The highest BCUT2D eigenvalue weighted by molar-refractivity contribution is 9.10. The lowest BCUT2D eigenvalue weighted by atomic mass is 10.3. The lowest BCUT2D eigenvalue weighted by molar-refractivity contribution is 1.62. The highest BCUT2D eigenvalue weighted by Gasteiger charge is 1.87. The summed E-state index contributed by atoms with van der Waals surface area (Å²) in [5, 5.41) is 0. The molecule has 8 heavy (non-hydrogen) atoms. The van der Waals surface area contributed by atoms with E-state index < -0.39 is 0 Å². The van der Waals surface area contributed by atoms with Crippen molar-refractivity contribution < 1.29 is 0 Å². The van der Waals surface area contributed by atoms with Crippen LogP contribution in [0.4, 0.5) is 5.69 Å². The smallest absolute Gasteiger partial charge is 0.0538 e. The Hall–Kier alpha value is -0.500. The first-order chi connectivity index (χ1) is 3.80. The minimum atomic E-state index is 0.660. The van der Waals surface area contributed by atoms with E-state index in [2.05, 4.69) is 22.0 Å². The largest absolute Gasteiger partial charge is 0.397 e. The molecule has 1 rings (SSSR count). The molecule has 1 nitrogen and oxygen atoms in total. The van der Waals surface area contributed by atoms with Gasteiger partial charge >= 0.3 is 0 Å². The van der Waals surface area contributed by atoms with Crippen LogP contribution in [0.25, 0.3) is 0 Å². The molecule has 2 N–H and O–H groups in total. The Labute approximate surface area is 56.6 Å². The van der Waals surface area contributed by atoms with Crippen molar-refractivity contribution in [2.24, 2.45) is 0 Å². The maximum absolute atomic E-state index is 5.42. The molecule has 41 valence electrons. The Bertz CT molecular complexity index is 165. The summed E-state index contributed by atoms with van der Waals surface area (Å²) in [4.78, 5) is 0. The van der Waals surface area contributed by atoms with Crippen LogP contribution >= 0.6 is 15.9 Å². The number of anilines is 1. The van der Waals surface area contributed by atoms with E-state index in [4.69, 9.17) is 5.73 Å². The summed E-state index contributed by atoms with van der Waals surface area (Å²) in [6.45, 7) is 0. The molecule has 0 spiro atoms. The summed E-state index contributed by atoms with van der Waals surface area (Å²) in [7, 11) is 0. The van der Waals surface area contributed by atoms with Crippen molar-refractivity contribution >= 4 is 21.6 Å². The molecule has 0 amide bonds. The zero-order valence-corrected chi connectivity index (χ0v) is 5.77. The van der Waals surface area contributed by atoms with E-state index in [0.717, 1.165) is 4.47 Å². The van der Waals surface area contributed by atoms with Gasteiger partial charge in [0, 0.05) is 10.5 Å². The van der Waals surface area contributed by atoms with Gasteiger partial charge in [0.15, 0.2) is 0 Å². The van der Waals surface area contributed by atoms with Gasteiger partial charge in [0.05, 0.1) is 5.69 Å². The molecule has 0 saturated carbocycles. The average molecular weight is 171 g/mol. The fourth-order valence-electron chi connectivity index (χ4n) is 0.429. The minimum Gasteiger partial charge on any atom is -0.397 e. The molecule has 2 heteroatoms. The van der Waals surface area contributed by atoms with Gasteiger partial charge in [-0.2, -0.15) is 0 Å². The van der Waals surface area contributed by atoms with Crippen molar-refractivity contribution in [3.05, 3.63) is 28.7 Å². The van der Waals surface area contributed by atoms with Gasteiger partial charge in [-0.05, 0) is 22.0 Å². The van der Waals surface area contributed by atoms with Crippen molar-refractivity contribution in [2.75, 3.05) is 5.73 Å². The second-order valence-electron chi connectivity index (χ2n) is 1.43. The molecule has 1 aromatic carbocycles. The van der Waals surface area contributed by atoms with E-state index in [9.17, 15) is 0 Å². The first-order valence-electron chi connectivity index (χ1n) is 2.22. The fraction of sp³-hybridized carbons (Fsp3) is 0. The van der Waals surface area contributed by atoms with Crippen LogP contribution in [0.3, 0.4) is 0 Å². The van der Waals surface area contributed by atoms with Crippen LogP contribution < -0.4 is 5.73 Å². The Morgan fingerprint density at radius 1 is 1.62 bits per heavy atom. The molecule has 0 bridgehead atoms. The number of hydrogen-bond donors (Lipinski definition) is 1. The molecule has 1 aromatic rings. The Kier molecular flexibility index (Phi) is 1.53. The summed E-state index contributed by atoms with van der Waals surface area (Å²) in [5.41, 5.74) is 6.08. The summed E-state index contributed by atoms with van der Waals surface area (Å²) in [6, 6.07) is 8.36. The van der Waals surface area contributed by atoms with Gasteiger partial charge in [-0.1, -0.05) is 12.1 Å². The van der Waals surface area contributed by atoms with Crippen LogP contribution in [0, 0.1) is 6.07 Å². The van der Waals surface area contributed by atoms with Gasteiger partial charge in [-0.25, -0.2) is 0 Å². The molecule has 0 atom stereocenters. The first kappa shape index (κ1) is 5.63. The lowest BCUT2D eigenvalue weighted by Crippen LogP contribution is -1.83. The first-order valence-corrected chi connectivity index (χ1v) is 3.01. The monoisotopic (exact) mass is 170 g/mol. The standard InChI is InChI=1S/C6H5BrN/c7-5-3-1-2-4-6(5)8/h1-3H,8H2. The predicted octanol–water partition coefficient (Wildman–Crippen LogP) is 1.83. The van der Waals surface area contributed by atoms with E-state index in [0.29, 0.717) is 5.69 Å². The number of nitrogen functional groups attached to an aromatic ring is 1. The second-order valence-corrected chi connectivity index (χ2v) is 2.29. The molecule has 0 heterocycles. The summed E-state index contributed by atoms with van der Waals surface area (Å²) < 4.78 is 0.903.